The van der Waals surface area contributed by atoms with Gasteiger partial charge in [-0.05, 0) is 43.7 Å². The summed E-state index contributed by atoms with van der Waals surface area (Å²) in [4.78, 5) is 14.1. The smallest absolute Gasteiger partial charge is 0.257 e. The Morgan fingerprint density at radius 1 is 1.26 bits per heavy atom. The van der Waals surface area contributed by atoms with Crippen LogP contribution in [-0.4, -0.2) is 23.4 Å². The molecule has 0 aliphatic heterocycles. The SMILES string of the molecule is Nc1cc(F)cc(C(=O)N(CC2CC2)C2CC2)c1F. The van der Waals surface area contributed by atoms with E-state index in [9.17, 15) is 13.6 Å². The summed E-state index contributed by atoms with van der Waals surface area (Å²) in [6, 6.07) is 2.03. The molecule has 102 valence electrons. The van der Waals surface area contributed by atoms with Crippen LogP contribution in [0.15, 0.2) is 12.1 Å². The number of carbonyl (C=O) groups excluding carboxylic acids is 1. The summed E-state index contributed by atoms with van der Waals surface area (Å²) in [5.41, 5.74) is 4.82. The van der Waals surface area contributed by atoms with Crippen LogP contribution in [0.3, 0.4) is 0 Å². The van der Waals surface area contributed by atoms with E-state index in [1.807, 2.05) is 0 Å². The normalized spacial score (nSPS) is 18.4. The van der Waals surface area contributed by atoms with Gasteiger partial charge in [-0.3, -0.25) is 4.79 Å². The zero-order valence-corrected chi connectivity index (χ0v) is 10.5. The second kappa shape index (κ2) is 4.47. The Kier molecular flexibility index (Phi) is 2.92. The molecule has 5 heteroatoms. The third-order valence-electron chi connectivity index (χ3n) is 3.70. The number of nitrogens with zero attached hydrogens (tertiary/aromatic N) is 1. The van der Waals surface area contributed by atoms with E-state index in [2.05, 4.69) is 0 Å². The van der Waals surface area contributed by atoms with Gasteiger partial charge in [0.15, 0.2) is 5.82 Å². The monoisotopic (exact) mass is 266 g/mol. The maximum Gasteiger partial charge on any atom is 0.257 e. The third kappa shape index (κ3) is 2.55. The van der Waals surface area contributed by atoms with Crippen molar-refractivity contribution in [2.24, 2.45) is 5.92 Å². The van der Waals surface area contributed by atoms with Crippen LogP contribution in [0.1, 0.15) is 36.0 Å². The molecule has 1 aromatic carbocycles. The first-order valence-corrected chi connectivity index (χ1v) is 6.61. The summed E-state index contributed by atoms with van der Waals surface area (Å²) in [7, 11) is 0. The summed E-state index contributed by atoms with van der Waals surface area (Å²) >= 11 is 0. The van der Waals surface area contributed by atoms with Crippen molar-refractivity contribution in [2.75, 3.05) is 12.3 Å². The molecule has 0 unspecified atom stereocenters. The van der Waals surface area contributed by atoms with Gasteiger partial charge in [0.1, 0.15) is 5.82 Å². The summed E-state index contributed by atoms with van der Waals surface area (Å²) in [6.45, 7) is 0.652. The van der Waals surface area contributed by atoms with E-state index in [4.69, 9.17) is 5.73 Å². The van der Waals surface area contributed by atoms with Gasteiger partial charge < -0.3 is 10.6 Å². The molecule has 3 rings (SSSR count). The van der Waals surface area contributed by atoms with E-state index < -0.39 is 17.5 Å². The number of hydrogen-bond donors (Lipinski definition) is 1. The Labute approximate surface area is 110 Å². The lowest BCUT2D eigenvalue weighted by Crippen LogP contribution is -2.35. The Balaban J connectivity index is 1.88. The molecule has 2 aliphatic rings. The summed E-state index contributed by atoms with van der Waals surface area (Å²) < 4.78 is 27.2. The lowest BCUT2D eigenvalue weighted by atomic mass is 10.1. The standard InChI is InChI=1S/C14H16F2N2O/c15-9-5-11(13(16)12(17)6-9)14(19)18(10-3-4-10)7-8-1-2-8/h5-6,8,10H,1-4,7,17H2. The molecule has 1 aromatic rings. The van der Waals surface area contributed by atoms with Crippen molar-refractivity contribution in [1.29, 1.82) is 0 Å². The lowest BCUT2D eigenvalue weighted by molar-refractivity contribution is 0.0729. The molecule has 2 saturated carbocycles. The fraction of sp³-hybridized carbons (Fsp3) is 0.500. The van der Waals surface area contributed by atoms with Crippen molar-refractivity contribution in [3.05, 3.63) is 29.3 Å². The number of halogens is 2. The highest BCUT2D eigenvalue weighted by Gasteiger charge is 2.37. The molecule has 0 bridgehead atoms. The van der Waals surface area contributed by atoms with Crippen LogP contribution in [0.25, 0.3) is 0 Å². The summed E-state index contributed by atoms with van der Waals surface area (Å²) in [6.07, 6.45) is 4.13. The van der Waals surface area contributed by atoms with Gasteiger partial charge in [0.2, 0.25) is 0 Å². The summed E-state index contributed by atoms with van der Waals surface area (Å²) in [5, 5.41) is 0. The fourth-order valence-electron chi connectivity index (χ4n) is 2.28. The van der Waals surface area contributed by atoms with Crippen molar-refractivity contribution in [3.63, 3.8) is 0 Å². The number of nitrogens with two attached hydrogens (primary N) is 1. The highest BCUT2D eigenvalue weighted by molar-refractivity contribution is 5.95. The van der Waals surface area contributed by atoms with Crippen molar-refractivity contribution >= 4 is 11.6 Å². The van der Waals surface area contributed by atoms with Gasteiger partial charge in [0, 0.05) is 12.6 Å². The van der Waals surface area contributed by atoms with Crippen molar-refractivity contribution in [2.45, 2.75) is 31.7 Å². The highest BCUT2D eigenvalue weighted by Crippen LogP contribution is 2.36. The molecular formula is C14H16F2N2O. The molecule has 3 nitrogen and oxygen atoms in total. The third-order valence-corrected chi connectivity index (χ3v) is 3.70. The Morgan fingerprint density at radius 3 is 2.53 bits per heavy atom. The minimum Gasteiger partial charge on any atom is -0.396 e. The van der Waals surface area contributed by atoms with E-state index in [-0.39, 0.29) is 17.3 Å². The van der Waals surface area contributed by atoms with Crippen LogP contribution in [0, 0.1) is 17.6 Å². The number of amides is 1. The molecule has 0 heterocycles. The second-order valence-electron chi connectivity index (χ2n) is 5.49. The average molecular weight is 266 g/mol. The molecule has 0 saturated heterocycles. The van der Waals surface area contributed by atoms with Crippen molar-refractivity contribution in [1.82, 2.24) is 4.90 Å². The van der Waals surface area contributed by atoms with Crippen LogP contribution in [0.5, 0.6) is 0 Å². The number of benzene rings is 1. The highest BCUT2D eigenvalue weighted by atomic mass is 19.1. The molecular weight excluding hydrogens is 250 g/mol. The Bertz CT molecular complexity index is 524. The van der Waals surface area contributed by atoms with Crippen LogP contribution in [0.2, 0.25) is 0 Å². The molecule has 2 aliphatic carbocycles. The van der Waals surface area contributed by atoms with Crippen molar-refractivity contribution in [3.8, 4) is 0 Å². The molecule has 2 N–H and O–H groups in total. The van der Waals surface area contributed by atoms with Crippen LogP contribution in [0.4, 0.5) is 14.5 Å². The zero-order chi connectivity index (χ0) is 13.6. The first kappa shape index (κ1) is 12.4. The Hall–Kier alpha value is -1.65. The van der Waals surface area contributed by atoms with Gasteiger partial charge >= 0.3 is 0 Å². The predicted octanol–water partition coefficient (Wildman–Crippen LogP) is 2.56. The van der Waals surface area contributed by atoms with E-state index >= 15 is 0 Å². The second-order valence-corrected chi connectivity index (χ2v) is 5.49. The maximum absolute atomic E-state index is 13.9. The molecule has 0 aromatic heterocycles. The minimum atomic E-state index is -0.812. The lowest BCUT2D eigenvalue weighted by Gasteiger charge is -2.23. The number of carbonyl (C=O) groups is 1. The van der Waals surface area contributed by atoms with E-state index in [1.165, 1.54) is 0 Å². The zero-order valence-electron chi connectivity index (χ0n) is 10.5. The van der Waals surface area contributed by atoms with Gasteiger partial charge in [0.05, 0.1) is 11.3 Å². The van der Waals surface area contributed by atoms with E-state index in [1.54, 1.807) is 4.90 Å². The number of anilines is 1. The minimum absolute atomic E-state index is 0.192. The van der Waals surface area contributed by atoms with Gasteiger partial charge in [-0.15, -0.1) is 0 Å². The largest absolute Gasteiger partial charge is 0.396 e. The molecule has 2 fully saturated rings. The summed E-state index contributed by atoms with van der Waals surface area (Å²) in [5.74, 6) is -1.39. The molecule has 1 amide bonds. The molecule has 0 atom stereocenters. The van der Waals surface area contributed by atoms with Crippen LogP contribution in [-0.2, 0) is 0 Å². The number of rotatable bonds is 4. The van der Waals surface area contributed by atoms with Gasteiger partial charge in [-0.1, -0.05) is 0 Å². The van der Waals surface area contributed by atoms with Crippen LogP contribution >= 0.6 is 0 Å². The molecule has 0 radical (unpaired) electrons. The van der Waals surface area contributed by atoms with E-state index in [0.717, 1.165) is 37.8 Å². The molecule has 19 heavy (non-hydrogen) atoms. The first-order chi connectivity index (χ1) is 9.06. The maximum atomic E-state index is 13.9. The predicted molar refractivity (Wildman–Crippen MR) is 67.6 cm³/mol. The fourth-order valence-corrected chi connectivity index (χ4v) is 2.28. The van der Waals surface area contributed by atoms with Gasteiger partial charge in [-0.25, -0.2) is 8.78 Å². The average Bonchev–Trinajstić information content (AvgIpc) is 3.23. The van der Waals surface area contributed by atoms with Crippen molar-refractivity contribution < 1.29 is 13.6 Å². The quantitative estimate of drug-likeness (QED) is 0.851. The number of nitrogen functional groups attached to an aromatic ring is 1. The van der Waals surface area contributed by atoms with Gasteiger partial charge in [0.25, 0.3) is 5.91 Å². The number of hydrogen-bond acceptors (Lipinski definition) is 2. The topological polar surface area (TPSA) is 46.3 Å². The Morgan fingerprint density at radius 2 is 1.95 bits per heavy atom. The van der Waals surface area contributed by atoms with Gasteiger partial charge in [-0.2, -0.15) is 0 Å². The van der Waals surface area contributed by atoms with Crippen LogP contribution < -0.4 is 5.73 Å². The molecule has 0 spiro atoms. The van der Waals surface area contributed by atoms with E-state index in [0.29, 0.717) is 12.5 Å². The first-order valence-electron chi connectivity index (χ1n) is 6.61.